The van der Waals surface area contributed by atoms with Crippen molar-refractivity contribution >= 4 is 61.6 Å². The number of nitrogens with one attached hydrogen (secondary N) is 3. The average molecular weight is 1410 g/mol. The van der Waals surface area contributed by atoms with Gasteiger partial charge in [-0.3, -0.25) is 4.79 Å². The number of likely N-dealkylation sites (tertiary alicyclic amines) is 1. The lowest BCUT2D eigenvalue weighted by Crippen LogP contribution is -2.37. The molecule has 0 aliphatic carbocycles. The number of H-pyrrole nitrogens is 3. The van der Waals surface area contributed by atoms with Crippen molar-refractivity contribution < 1.29 is 38.3 Å². The minimum atomic E-state index is -1.03. The molecule has 0 saturated carbocycles. The minimum Gasteiger partial charge on any atom is -0.489 e. The van der Waals surface area contributed by atoms with E-state index in [0.717, 1.165) is 192 Å². The van der Waals surface area contributed by atoms with E-state index in [0.29, 0.717) is 66.6 Å². The van der Waals surface area contributed by atoms with Gasteiger partial charge in [-0.1, -0.05) is 66.7 Å². The number of ether oxygens (including phenoxy) is 6. The quantitative estimate of drug-likeness (QED) is 0.0633. The van der Waals surface area contributed by atoms with E-state index in [2.05, 4.69) is 161 Å². The molecule has 106 heavy (non-hydrogen) atoms. The number of hydrogen-bond acceptors (Lipinski definition) is 17. The molecule has 0 radical (unpaired) electrons. The van der Waals surface area contributed by atoms with Gasteiger partial charge in [0, 0.05) is 139 Å². The number of carbonyl (C=O) groups excluding carboxylic acids is 1. The topological polar surface area (TPSA) is 276 Å². The predicted molar refractivity (Wildman–Crippen MR) is 413 cm³/mol. The van der Waals surface area contributed by atoms with Gasteiger partial charge in [-0.15, -0.1) is 0 Å². The van der Waals surface area contributed by atoms with Gasteiger partial charge in [-0.2, -0.15) is 15.8 Å². The lowest BCUT2D eigenvalue weighted by molar-refractivity contribution is -0.138. The Morgan fingerprint density at radius 3 is 1.34 bits per heavy atom. The molecule has 10 heterocycles. The maximum Gasteiger partial charge on any atom is 0.251 e. The van der Waals surface area contributed by atoms with E-state index < -0.39 is 6.10 Å². The number of aromatic nitrogens is 5. The van der Waals surface area contributed by atoms with Crippen LogP contribution in [0.3, 0.4) is 0 Å². The van der Waals surface area contributed by atoms with Gasteiger partial charge in [0.1, 0.15) is 59.3 Å². The lowest BCUT2D eigenvalue weighted by Gasteiger charge is -2.28. The number of anilines is 4. The maximum atomic E-state index is 12.1. The van der Waals surface area contributed by atoms with Gasteiger partial charge in [0.25, 0.3) is 5.91 Å². The van der Waals surface area contributed by atoms with Gasteiger partial charge >= 0.3 is 0 Å². The van der Waals surface area contributed by atoms with Crippen LogP contribution in [0.25, 0.3) is 100 Å². The molecule has 5 aromatic heterocycles. The highest BCUT2D eigenvalue weighted by Crippen LogP contribution is 2.39. The lowest BCUT2D eigenvalue weighted by atomic mass is 9.99. The molecule has 534 valence electrons. The molecule has 2 atom stereocenters. The number of hydrogen-bond donors (Lipinski definition) is 5. The standard InChI is InChI=1S/C32H32N4O4.C29H28N4O3.C24H21N5O/c1-21(37)32(38)36-12-11-26(20-36)40-31-10-7-23(17-24(31)19-33)27-3-2-4-29-28(27)18-30(34-29)22-5-8-25(9-6-22)35-13-15-39-16-14-35;30-19-22-17-21(3-6-28(22)36-24-8-13-34-14-9-24)25-7-10-31-29-26(25)18-27(32-29)20-1-4-23(5-2-20)33-11-15-35-16-12-33;25-15-18-13-17(3-6-22(18)26)20-7-8-27-24-21(20)14-23(28-24)16-1-4-19(5-2-16)29-9-11-30-12-10-29/h2-10,17-18,21,26,34,37H,11-16,20H2,1H3;1-7,10,17-18,24H,8-9,11-16H2,(H,31,32);1-8,13-14H,9-12,26H2,(H,27,28)/t21?,26-;;/m1../s1. The van der Waals surface area contributed by atoms with Crippen LogP contribution in [0.5, 0.6) is 11.5 Å². The number of carbonyl (C=O) groups is 1. The Labute approximate surface area is 614 Å². The third-order valence-corrected chi connectivity index (χ3v) is 20.3. The summed E-state index contributed by atoms with van der Waals surface area (Å²) < 4.78 is 34.1. The number of nitrogen functional groups attached to an aromatic ring is 1. The molecule has 5 saturated heterocycles. The van der Waals surface area contributed by atoms with Crippen LogP contribution < -0.4 is 29.9 Å². The zero-order chi connectivity index (χ0) is 72.5. The molecule has 5 aliphatic rings. The van der Waals surface area contributed by atoms with E-state index in [-0.39, 0.29) is 18.1 Å². The summed E-state index contributed by atoms with van der Waals surface area (Å²) in [6, 6.07) is 66.1. The Bertz CT molecular complexity index is 5240. The number of nitriles is 3. The van der Waals surface area contributed by atoms with Crippen LogP contribution in [-0.2, 0) is 23.7 Å². The SMILES string of the molecule is CC(O)C(=O)N1CC[C@@H](Oc2ccc(-c3cccc4[nH]c(-c5ccc(N6CCOCC6)cc5)cc34)cc2C#N)C1.N#Cc1cc(-c2ccnc3[nH]c(-c4ccc(N5CCOCC5)cc4)cc23)ccc1N.N#Cc1cc(-c2ccnc3[nH]c(-c4ccc(N5CCOCC5)cc4)cc23)ccc1OC1CCOCC1. The first-order valence-corrected chi connectivity index (χ1v) is 36.1. The average Bonchev–Trinajstić information content (AvgIpc) is 1.58. The first-order chi connectivity index (χ1) is 52.0. The summed E-state index contributed by atoms with van der Waals surface area (Å²) in [4.78, 5) is 40.3. The van der Waals surface area contributed by atoms with Crippen molar-refractivity contribution in [1.82, 2.24) is 29.8 Å². The number of amides is 1. The number of fused-ring (bicyclic) bond motifs is 3. The molecule has 5 fully saturated rings. The third-order valence-electron chi connectivity index (χ3n) is 20.3. The van der Waals surface area contributed by atoms with Crippen LogP contribution in [0.2, 0.25) is 0 Å². The second-order valence-electron chi connectivity index (χ2n) is 27.0. The van der Waals surface area contributed by atoms with Gasteiger partial charge in [0.15, 0.2) is 0 Å². The zero-order valence-corrected chi connectivity index (χ0v) is 59.0. The number of aliphatic hydroxyl groups excluding tert-OH is 1. The summed E-state index contributed by atoms with van der Waals surface area (Å²) in [6.07, 6.45) is 4.77. The molecular weight excluding hydrogens is 1330 g/mol. The van der Waals surface area contributed by atoms with Crippen molar-refractivity contribution in [2.45, 2.75) is 44.5 Å². The summed E-state index contributed by atoms with van der Waals surface area (Å²) in [5, 5.41) is 41.8. The molecule has 1 unspecified atom stereocenters. The van der Waals surface area contributed by atoms with E-state index in [9.17, 15) is 25.7 Å². The summed E-state index contributed by atoms with van der Waals surface area (Å²) >= 11 is 0. The van der Waals surface area contributed by atoms with Gasteiger partial charge in [-0.05, 0) is 166 Å². The number of nitrogens with two attached hydrogens (primary N) is 1. The fourth-order valence-corrected chi connectivity index (χ4v) is 14.5. The molecule has 6 N–H and O–H groups in total. The number of aliphatic hydroxyl groups is 1. The van der Waals surface area contributed by atoms with Crippen molar-refractivity contribution in [3.05, 3.63) is 205 Å². The molecule has 0 bridgehead atoms. The van der Waals surface area contributed by atoms with Crippen molar-refractivity contribution in [2.24, 2.45) is 0 Å². The maximum absolute atomic E-state index is 12.1. The van der Waals surface area contributed by atoms with Gasteiger partial charge in [0.05, 0.1) is 76.1 Å². The number of aromatic amines is 3. The molecular formula is C85H81N13O8. The summed E-state index contributed by atoms with van der Waals surface area (Å²) in [5.74, 6) is 0.840. The predicted octanol–water partition coefficient (Wildman–Crippen LogP) is 13.9. The van der Waals surface area contributed by atoms with Crippen LogP contribution in [0.1, 0.15) is 42.9 Å². The highest BCUT2D eigenvalue weighted by Gasteiger charge is 2.31. The first-order valence-electron chi connectivity index (χ1n) is 36.1. The zero-order valence-electron chi connectivity index (χ0n) is 59.0. The van der Waals surface area contributed by atoms with E-state index >= 15 is 0 Å². The van der Waals surface area contributed by atoms with Crippen molar-refractivity contribution in [2.75, 3.05) is 126 Å². The molecule has 21 heteroatoms. The molecule has 1 amide bonds. The van der Waals surface area contributed by atoms with Crippen LogP contribution in [0.4, 0.5) is 22.7 Å². The van der Waals surface area contributed by atoms with Crippen LogP contribution >= 0.6 is 0 Å². The molecule has 0 spiro atoms. The van der Waals surface area contributed by atoms with Crippen LogP contribution in [0.15, 0.2) is 188 Å². The van der Waals surface area contributed by atoms with Gasteiger partial charge in [-0.25, -0.2) is 9.97 Å². The van der Waals surface area contributed by atoms with Crippen molar-refractivity contribution in [1.29, 1.82) is 15.8 Å². The van der Waals surface area contributed by atoms with Crippen molar-refractivity contribution in [3.8, 4) is 96.9 Å². The fourth-order valence-electron chi connectivity index (χ4n) is 14.5. The number of pyridine rings is 2. The minimum absolute atomic E-state index is 0.0891. The molecule has 21 nitrogen and oxygen atoms in total. The highest BCUT2D eigenvalue weighted by atomic mass is 16.5. The largest absolute Gasteiger partial charge is 0.489 e. The second-order valence-corrected chi connectivity index (χ2v) is 27.0. The van der Waals surface area contributed by atoms with E-state index in [1.54, 1.807) is 23.4 Å². The Balaban J connectivity index is 0.000000129. The van der Waals surface area contributed by atoms with E-state index in [1.807, 2.05) is 66.7 Å². The Kier molecular flexibility index (Phi) is 21.0. The van der Waals surface area contributed by atoms with Gasteiger partial charge in [0.2, 0.25) is 0 Å². The molecule has 5 aliphatic heterocycles. The van der Waals surface area contributed by atoms with E-state index in [1.165, 1.54) is 24.0 Å². The number of nitrogens with zero attached hydrogens (tertiary/aromatic N) is 9. The molecule has 12 aromatic rings. The summed E-state index contributed by atoms with van der Waals surface area (Å²) in [7, 11) is 0. The summed E-state index contributed by atoms with van der Waals surface area (Å²) in [5.41, 5.74) is 26.4. The summed E-state index contributed by atoms with van der Waals surface area (Å²) in [6.45, 7) is 13.9. The Morgan fingerprint density at radius 2 is 0.877 bits per heavy atom. The van der Waals surface area contributed by atoms with Crippen LogP contribution in [0, 0.1) is 34.0 Å². The Hall–Kier alpha value is -12.0. The second kappa shape index (κ2) is 31.9. The fraction of sp³-hybridized carbons (Fsp3) is 0.271. The smallest absolute Gasteiger partial charge is 0.251 e. The van der Waals surface area contributed by atoms with Gasteiger partial charge < -0.3 is 73.8 Å². The first kappa shape index (κ1) is 69.7. The highest BCUT2D eigenvalue weighted by molar-refractivity contribution is 6.00. The number of rotatable bonds is 14. The van der Waals surface area contributed by atoms with E-state index in [4.69, 9.17) is 34.2 Å². The normalized spacial score (nSPS) is 16.5. The monoisotopic (exact) mass is 1410 g/mol. The third kappa shape index (κ3) is 15.5. The molecule has 17 rings (SSSR count). The van der Waals surface area contributed by atoms with Crippen LogP contribution in [-0.4, -0.2) is 164 Å². The Morgan fingerprint density at radius 1 is 0.472 bits per heavy atom. The number of benzene rings is 7. The van der Waals surface area contributed by atoms with Crippen molar-refractivity contribution in [3.63, 3.8) is 0 Å². The number of morpholine rings is 3. The molecule has 7 aromatic carbocycles.